The van der Waals surface area contributed by atoms with Crippen LogP contribution in [0.5, 0.6) is 0 Å². The van der Waals surface area contributed by atoms with Crippen LogP contribution in [0, 0.1) is 11.8 Å². The molecule has 4 heterocycles. The van der Waals surface area contributed by atoms with Gasteiger partial charge >= 0.3 is 0 Å². The first kappa shape index (κ1) is 32.0. The molecule has 6 atom stereocenters. The van der Waals surface area contributed by atoms with Crippen LogP contribution >= 0.6 is 11.8 Å². The smallest absolute Gasteiger partial charge is 0.248 e. The van der Waals surface area contributed by atoms with E-state index in [0.717, 1.165) is 16.6 Å². The number of rotatable bonds is 13. The van der Waals surface area contributed by atoms with Gasteiger partial charge in [-0.2, -0.15) is 0 Å². The zero-order valence-electron chi connectivity index (χ0n) is 26.5. The molecule has 2 bridgehead atoms. The van der Waals surface area contributed by atoms with Crippen molar-refractivity contribution >= 4 is 40.5 Å². The number of aliphatic hydroxyl groups is 1. The molecule has 46 heavy (non-hydrogen) atoms. The van der Waals surface area contributed by atoms with Gasteiger partial charge in [0.2, 0.25) is 17.7 Å². The molecule has 242 valence electrons. The van der Waals surface area contributed by atoms with Crippen LogP contribution in [0.3, 0.4) is 0 Å². The minimum Gasteiger partial charge on any atom is -0.394 e. The average Bonchev–Trinajstić information content (AvgIpc) is 3.77. The summed E-state index contributed by atoms with van der Waals surface area (Å²) < 4.78 is 0.340. The number of amides is 3. The number of para-hydroxylation sites is 1. The second-order valence-electron chi connectivity index (χ2n) is 12.8. The summed E-state index contributed by atoms with van der Waals surface area (Å²) >= 11 is 1.63. The molecular formula is C35H42N6O4S. The molecule has 0 aliphatic carbocycles. The molecule has 3 aliphatic heterocycles. The van der Waals surface area contributed by atoms with Gasteiger partial charge in [0.1, 0.15) is 18.2 Å². The molecule has 1 spiro atoms. The topological polar surface area (TPSA) is 112 Å². The Labute approximate surface area is 274 Å². The predicted molar refractivity (Wildman–Crippen MR) is 178 cm³/mol. The number of hydrogen-bond donors (Lipinski definition) is 1. The van der Waals surface area contributed by atoms with Crippen LogP contribution in [0.25, 0.3) is 11.0 Å². The van der Waals surface area contributed by atoms with Gasteiger partial charge < -0.3 is 19.8 Å². The number of benzene rings is 2. The largest absolute Gasteiger partial charge is 0.394 e. The Morgan fingerprint density at radius 3 is 2.46 bits per heavy atom. The summed E-state index contributed by atoms with van der Waals surface area (Å²) in [5, 5.41) is 19.1. The quantitative estimate of drug-likeness (QED) is 0.282. The number of hydrogen-bond acceptors (Lipinski definition) is 7. The van der Waals surface area contributed by atoms with Crippen LogP contribution < -0.4 is 0 Å². The van der Waals surface area contributed by atoms with Crippen molar-refractivity contribution in [2.75, 3.05) is 19.7 Å². The number of carbonyl (C=O) groups excluding carboxylic acids is 3. The van der Waals surface area contributed by atoms with E-state index in [0.29, 0.717) is 32.4 Å². The van der Waals surface area contributed by atoms with Gasteiger partial charge in [-0.15, -0.1) is 30.0 Å². The van der Waals surface area contributed by atoms with Gasteiger partial charge in [-0.05, 0) is 43.9 Å². The Morgan fingerprint density at radius 2 is 1.76 bits per heavy atom. The van der Waals surface area contributed by atoms with E-state index in [1.807, 2.05) is 61.5 Å². The summed E-state index contributed by atoms with van der Waals surface area (Å²) in [7, 11) is 0. The fourth-order valence-corrected chi connectivity index (χ4v) is 10.3. The van der Waals surface area contributed by atoms with Crippen LogP contribution in [0.15, 0.2) is 79.9 Å². The van der Waals surface area contributed by atoms with Crippen molar-refractivity contribution in [1.82, 2.24) is 29.7 Å². The number of aromatic nitrogens is 3. The first-order chi connectivity index (χ1) is 22.2. The molecule has 6 rings (SSSR count). The van der Waals surface area contributed by atoms with Crippen molar-refractivity contribution in [3.63, 3.8) is 0 Å². The summed E-state index contributed by atoms with van der Waals surface area (Å²) in [5.41, 5.74) is 2.50. The SMILES string of the molecule is C=CCN(Cn1nnc2ccccc21)C(=O)C1N([C@@H](CC)CO)C(=O)[C@@H]2[C@@H](C(=O)N(CC=C)Cc3ccccc3)[C@@]3(C)CCC12S3. The van der Waals surface area contributed by atoms with Crippen molar-refractivity contribution in [3.8, 4) is 0 Å². The third kappa shape index (κ3) is 5.13. The van der Waals surface area contributed by atoms with Crippen molar-refractivity contribution in [3.05, 3.63) is 85.5 Å². The van der Waals surface area contributed by atoms with E-state index in [9.17, 15) is 19.5 Å². The average molecular weight is 643 g/mol. The Balaban J connectivity index is 1.39. The fourth-order valence-electron chi connectivity index (χ4n) is 7.94. The van der Waals surface area contributed by atoms with Crippen molar-refractivity contribution in [2.24, 2.45) is 11.8 Å². The highest BCUT2D eigenvalue weighted by atomic mass is 32.2. The van der Waals surface area contributed by atoms with Gasteiger partial charge in [-0.25, -0.2) is 4.68 Å². The lowest BCUT2D eigenvalue weighted by Gasteiger charge is -2.39. The second kappa shape index (κ2) is 12.7. The highest BCUT2D eigenvalue weighted by Gasteiger charge is 2.78. The molecule has 3 fully saturated rings. The summed E-state index contributed by atoms with van der Waals surface area (Å²) in [5.74, 6) is -1.87. The lowest BCUT2D eigenvalue weighted by atomic mass is 9.66. The Hall–Kier alpha value is -3.96. The molecule has 3 saturated heterocycles. The maximum absolute atomic E-state index is 14.9. The number of likely N-dealkylation sites (tertiary alicyclic amines) is 1. The van der Waals surface area contributed by atoms with E-state index in [-0.39, 0.29) is 37.5 Å². The molecule has 1 aromatic heterocycles. The summed E-state index contributed by atoms with van der Waals surface area (Å²) in [4.78, 5) is 49.3. The normalized spacial score (nSPS) is 27.1. The van der Waals surface area contributed by atoms with Crippen molar-refractivity contribution < 1.29 is 19.5 Å². The van der Waals surface area contributed by atoms with Gasteiger partial charge in [0.15, 0.2) is 0 Å². The van der Waals surface area contributed by atoms with E-state index in [2.05, 4.69) is 30.4 Å². The van der Waals surface area contributed by atoms with Crippen LogP contribution in [-0.4, -0.2) is 93.8 Å². The molecule has 10 nitrogen and oxygen atoms in total. The number of carbonyl (C=O) groups is 3. The molecule has 3 amide bonds. The number of nitrogens with zero attached hydrogens (tertiary/aromatic N) is 6. The summed E-state index contributed by atoms with van der Waals surface area (Å²) in [6.45, 7) is 12.6. The van der Waals surface area contributed by atoms with E-state index in [1.165, 1.54) is 0 Å². The minimum atomic E-state index is -0.858. The van der Waals surface area contributed by atoms with Gasteiger partial charge in [-0.1, -0.05) is 66.8 Å². The van der Waals surface area contributed by atoms with Crippen LogP contribution in [-0.2, 0) is 27.6 Å². The number of fused-ring (bicyclic) bond motifs is 2. The molecule has 3 aromatic rings. The van der Waals surface area contributed by atoms with E-state index in [4.69, 9.17) is 0 Å². The minimum absolute atomic E-state index is 0.0965. The number of thioether (sulfide) groups is 1. The molecular weight excluding hydrogens is 600 g/mol. The van der Waals surface area contributed by atoms with E-state index >= 15 is 0 Å². The highest BCUT2D eigenvalue weighted by molar-refractivity contribution is 8.02. The maximum Gasteiger partial charge on any atom is 0.248 e. The molecule has 0 saturated carbocycles. The second-order valence-corrected chi connectivity index (χ2v) is 14.7. The van der Waals surface area contributed by atoms with Gasteiger partial charge in [0, 0.05) is 24.4 Å². The van der Waals surface area contributed by atoms with Gasteiger partial charge in [0.05, 0.1) is 34.7 Å². The standard InChI is InChI=1S/C35H42N6O4S/c1-5-19-38(21-24-13-9-8-10-14-24)31(43)28-29-32(44)41(25(7-3)22-42)30(35(29)18-17-34(28,4)46-35)33(45)39(20-6-2)23-40-27-16-12-11-15-26(27)36-37-40/h5-6,8-16,25,28-30,42H,1-2,7,17-23H2,3-4H3/t25-,28-,29-,30?,34+,35?/m0/s1. The van der Waals surface area contributed by atoms with Crippen molar-refractivity contribution in [1.29, 1.82) is 0 Å². The van der Waals surface area contributed by atoms with E-state index < -0.39 is 33.4 Å². The van der Waals surface area contributed by atoms with Crippen LogP contribution in [0.4, 0.5) is 0 Å². The molecule has 2 unspecified atom stereocenters. The molecule has 2 aromatic carbocycles. The highest BCUT2D eigenvalue weighted by Crippen LogP contribution is 2.72. The third-order valence-corrected chi connectivity index (χ3v) is 12.0. The van der Waals surface area contributed by atoms with E-state index in [1.54, 1.807) is 43.3 Å². The Bertz CT molecular complexity index is 1640. The van der Waals surface area contributed by atoms with Gasteiger partial charge in [0.25, 0.3) is 0 Å². The third-order valence-electron chi connectivity index (χ3n) is 10.1. The first-order valence-corrected chi connectivity index (χ1v) is 16.8. The lowest BCUT2D eigenvalue weighted by Crippen LogP contribution is -2.57. The lowest BCUT2D eigenvalue weighted by molar-refractivity contribution is -0.148. The molecule has 1 N–H and O–H groups in total. The van der Waals surface area contributed by atoms with Crippen LogP contribution in [0.2, 0.25) is 0 Å². The maximum atomic E-state index is 14.9. The predicted octanol–water partition coefficient (Wildman–Crippen LogP) is 3.87. The molecule has 3 aliphatic rings. The molecule has 0 radical (unpaired) electrons. The first-order valence-electron chi connectivity index (χ1n) is 16.0. The summed E-state index contributed by atoms with van der Waals surface area (Å²) in [6.07, 6.45) is 5.18. The zero-order chi connectivity index (χ0) is 32.6. The molecule has 11 heteroatoms. The fraction of sp³-hybridized carbons (Fsp3) is 0.457. The Kier molecular flexibility index (Phi) is 8.82. The summed E-state index contributed by atoms with van der Waals surface area (Å²) in [6, 6.07) is 15.9. The monoisotopic (exact) mass is 642 g/mol. The van der Waals surface area contributed by atoms with Gasteiger partial charge in [-0.3, -0.25) is 14.4 Å². The van der Waals surface area contributed by atoms with Crippen LogP contribution in [0.1, 0.15) is 38.7 Å². The zero-order valence-corrected chi connectivity index (χ0v) is 27.3. The number of aliphatic hydroxyl groups excluding tert-OH is 1. The van der Waals surface area contributed by atoms with Crippen molar-refractivity contribution in [2.45, 2.75) is 67.9 Å². The Morgan fingerprint density at radius 1 is 1.07 bits per heavy atom.